The Bertz CT molecular complexity index is 126. The molecule has 0 bridgehead atoms. The second-order valence-corrected chi connectivity index (χ2v) is 5.72. The first kappa shape index (κ1) is 23.4. The third-order valence-corrected chi connectivity index (χ3v) is 3.39. The van der Waals surface area contributed by atoms with Crippen LogP contribution in [0.25, 0.3) is 0 Å². The highest BCUT2D eigenvalue weighted by molar-refractivity contribution is 5.85. The summed E-state index contributed by atoms with van der Waals surface area (Å²) in [6.07, 6.45) is 17.5. The van der Waals surface area contributed by atoms with Crippen molar-refractivity contribution in [2.45, 2.75) is 97.8 Å². The lowest BCUT2D eigenvalue weighted by Gasteiger charge is -2.04. The normalized spacial score (nSPS) is 10.0. The van der Waals surface area contributed by atoms with E-state index in [0.29, 0.717) is 0 Å². The molecule has 2 heteroatoms. The highest BCUT2D eigenvalue weighted by atomic mass is 35.5. The van der Waals surface area contributed by atoms with E-state index in [2.05, 4.69) is 20.8 Å². The molecule has 0 amide bonds. The lowest BCUT2D eigenvalue weighted by molar-refractivity contribution is 0.504. The van der Waals surface area contributed by atoms with Crippen LogP contribution in [0.15, 0.2) is 0 Å². The van der Waals surface area contributed by atoms with E-state index in [-0.39, 0.29) is 18.6 Å². The quantitative estimate of drug-likeness (QED) is 0.386. The smallest absolute Gasteiger partial charge is 0.0471 e. The minimum Gasteiger partial charge on any atom is -0.344 e. The average Bonchev–Trinajstić information content (AvgIpc) is 2.25. The Morgan fingerprint density at radius 1 is 0.611 bits per heavy atom. The molecule has 0 radical (unpaired) electrons. The maximum atomic E-state index is 2.33. The number of unbranched alkanes of at least 4 members (excludes halogenated alkanes) is 10. The van der Waals surface area contributed by atoms with Crippen LogP contribution >= 0.6 is 12.4 Å². The van der Waals surface area contributed by atoms with Crippen molar-refractivity contribution in [1.82, 2.24) is 6.15 Å². The van der Waals surface area contributed by atoms with Gasteiger partial charge in [-0.25, -0.2) is 0 Å². The highest BCUT2D eigenvalue weighted by Gasteiger charge is 1.95. The summed E-state index contributed by atoms with van der Waals surface area (Å²) in [5, 5.41) is 0. The van der Waals surface area contributed by atoms with Crippen LogP contribution in [0.4, 0.5) is 0 Å². The van der Waals surface area contributed by atoms with Crippen molar-refractivity contribution in [3.8, 4) is 0 Å². The van der Waals surface area contributed by atoms with Gasteiger partial charge in [0, 0.05) is 0 Å². The first-order chi connectivity index (χ1) is 7.77. The molecule has 114 valence electrons. The van der Waals surface area contributed by atoms with Crippen molar-refractivity contribution in [3.05, 3.63) is 0 Å². The van der Waals surface area contributed by atoms with Crippen molar-refractivity contribution >= 4 is 12.4 Å². The number of halogens is 1. The van der Waals surface area contributed by atoms with E-state index in [9.17, 15) is 0 Å². The molecule has 0 aliphatic heterocycles. The maximum absolute atomic E-state index is 2.33. The standard InChI is InChI=1S/C16H34.ClH.H3N/c1-4-5-6-7-8-9-10-11-12-13-14-15-16(2)3;;/h16H,4-15H2,1-3H3;1H;1H3. The summed E-state index contributed by atoms with van der Waals surface area (Å²) in [4.78, 5) is 0. The van der Waals surface area contributed by atoms with Gasteiger partial charge in [0.15, 0.2) is 0 Å². The van der Waals surface area contributed by atoms with Gasteiger partial charge < -0.3 is 6.15 Å². The zero-order valence-electron chi connectivity index (χ0n) is 13.2. The van der Waals surface area contributed by atoms with Crippen molar-refractivity contribution in [2.75, 3.05) is 0 Å². The summed E-state index contributed by atoms with van der Waals surface area (Å²) < 4.78 is 0. The van der Waals surface area contributed by atoms with Crippen molar-refractivity contribution in [2.24, 2.45) is 5.92 Å². The van der Waals surface area contributed by atoms with Gasteiger partial charge in [-0.05, 0) is 5.92 Å². The molecule has 0 aliphatic carbocycles. The van der Waals surface area contributed by atoms with Crippen molar-refractivity contribution in [1.29, 1.82) is 0 Å². The van der Waals surface area contributed by atoms with Crippen LogP contribution in [0, 0.1) is 5.92 Å². The molecular weight excluding hydrogens is 242 g/mol. The van der Waals surface area contributed by atoms with Gasteiger partial charge in [0.25, 0.3) is 0 Å². The lowest BCUT2D eigenvalue weighted by Crippen LogP contribution is -1.87. The average molecular weight is 280 g/mol. The fourth-order valence-corrected chi connectivity index (χ4v) is 2.22. The van der Waals surface area contributed by atoms with E-state index in [4.69, 9.17) is 0 Å². The Labute approximate surface area is 123 Å². The molecule has 0 saturated heterocycles. The van der Waals surface area contributed by atoms with Crippen LogP contribution < -0.4 is 6.15 Å². The number of rotatable bonds is 12. The van der Waals surface area contributed by atoms with Crippen LogP contribution in [-0.4, -0.2) is 0 Å². The Morgan fingerprint density at radius 3 is 1.28 bits per heavy atom. The van der Waals surface area contributed by atoms with Gasteiger partial charge in [0.2, 0.25) is 0 Å². The molecule has 0 aromatic rings. The summed E-state index contributed by atoms with van der Waals surface area (Å²) >= 11 is 0. The Balaban J connectivity index is -0.00000112. The minimum absolute atomic E-state index is 0. The lowest BCUT2D eigenvalue weighted by atomic mass is 10.0. The topological polar surface area (TPSA) is 35.0 Å². The summed E-state index contributed by atoms with van der Waals surface area (Å²) in [7, 11) is 0. The van der Waals surface area contributed by atoms with Gasteiger partial charge in [-0.3, -0.25) is 0 Å². The summed E-state index contributed by atoms with van der Waals surface area (Å²) in [6.45, 7) is 6.95. The second kappa shape index (κ2) is 19.6. The van der Waals surface area contributed by atoms with Crippen LogP contribution in [0.1, 0.15) is 97.8 Å². The SMILES string of the molecule is CCCCCCCCCCCCCC(C)C.Cl.N. The van der Waals surface area contributed by atoms with Crippen LogP contribution in [-0.2, 0) is 0 Å². The van der Waals surface area contributed by atoms with Gasteiger partial charge in [0.1, 0.15) is 0 Å². The second-order valence-electron chi connectivity index (χ2n) is 5.72. The number of hydrogen-bond donors (Lipinski definition) is 1. The first-order valence-electron chi connectivity index (χ1n) is 7.77. The molecule has 0 fully saturated rings. The van der Waals surface area contributed by atoms with E-state index < -0.39 is 0 Å². The Hall–Kier alpha value is 0.250. The largest absolute Gasteiger partial charge is 0.344 e. The van der Waals surface area contributed by atoms with Crippen molar-refractivity contribution < 1.29 is 0 Å². The molecule has 0 aliphatic rings. The molecule has 0 atom stereocenters. The zero-order valence-corrected chi connectivity index (χ0v) is 14.0. The van der Waals surface area contributed by atoms with Gasteiger partial charge in [-0.1, -0.05) is 97.8 Å². The molecule has 0 saturated carbocycles. The third-order valence-electron chi connectivity index (χ3n) is 3.39. The van der Waals surface area contributed by atoms with E-state index in [0.717, 1.165) is 5.92 Å². The molecule has 0 rings (SSSR count). The van der Waals surface area contributed by atoms with E-state index >= 15 is 0 Å². The Morgan fingerprint density at radius 2 is 0.944 bits per heavy atom. The predicted molar refractivity (Wildman–Crippen MR) is 88.2 cm³/mol. The molecule has 0 unspecified atom stereocenters. The molecule has 0 spiro atoms. The zero-order chi connectivity index (χ0) is 12.1. The third kappa shape index (κ3) is 21.5. The molecule has 0 aromatic carbocycles. The van der Waals surface area contributed by atoms with E-state index in [1.807, 2.05) is 0 Å². The molecule has 0 heterocycles. The van der Waals surface area contributed by atoms with Crippen molar-refractivity contribution in [3.63, 3.8) is 0 Å². The number of hydrogen-bond acceptors (Lipinski definition) is 1. The van der Waals surface area contributed by atoms with Crippen LogP contribution in [0.2, 0.25) is 0 Å². The maximum Gasteiger partial charge on any atom is -0.0471 e. The van der Waals surface area contributed by atoms with Gasteiger partial charge in [-0.2, -0.15) is 0 Å². The van der Waals surface area contributed by atoms with Crippen LogP contribution in [0.3, 0.4) is 0 Å². The Kier molecular flexibility index (Phi) is 25.4. The molecule has 1 nitrogen and oxygen atoms in total. The first-order valence-corrected chi connectivity index (χ1v) is 7.77. The fraction of sp³-hybridized carbons (Fsp3) is 1.00. The van der Waals surface area contributed by atoms with Crippen LogP contribution in [0.5, 0.6) is 0 Å². The van der Waals surface area contributed by atoms with Gasteiger partial charge >= 0.3 is 0 Å². The monoisotopic (exact) mass is 279 g/mol. The van der Waals surface area contributed by atoms with Gasteiger partial charge in [0.05, 0.1) is 0 Å². The summed E-state index contributed by atoms with van der Waals surface area (Å²) in [6, 6.07) is 0. The highest BCUT2D eigenvalue weighted by Crippen LogP contribution is 2.13. The van der Waals surface area contributed by atoms with E-state index in [1.54, 1.807) is 0 Å². The molecular formula is C16H38ClN. The van der Waals surface area contributed by atoms with Gasteiger partial charge in [-0.15, -0.1) is 12.4 Å². The molecule has 18 heavy (non-hydrogen) atoms. The minimum atomic E-state index is 0. The fourth-order valence-electron chi connectivity index (χ4n) is 2.22. The summed E-state index contributed by atoms with van der Waals surface area (Å²) in [5.41, 5.74) is 0. The van der Waals surface area contributed by atoms with E-state index in [1.165, 1.54) is 77.0 Å². The molecule has 0 aromatic heterocycles. The predicted octanol–water partition coefficient (Wildman–Crippen LogP) is 6.93. The molecule has 3 N–H and O–H groups in total. The summed E-state index contributed by atoms with van der Waals surface area (Å²) in [5.74, 6) is 0.901.